The van der Waals surface area contributed by atoms with Crippen LogP contribution in [0.4, 0.5) is 5.82 Å². The first-order valence-electron chi connectivity index (χ1n) is 18.6. The summed E-state index contributed by atoms with van der Waals surface area (Å²) in [7, 11) is -16.5. The zero-order valence-electron chi connectivity index (χ0n) is 33.7. The minimum Gasteiger partial charge on any atom is -0.481 e. The number of nitrogens with two attached hydrogens (primary N) is 1. The normalized spacial score (nSPS) is 21.0. The highest BCUT2D eigenvalue weighted by Gasteiger charge is 2.50. The van der Waals surface area contributed by atoms with Crippen molar-refractivity contribution in [2.24, 2.45) is 11.3 Å². The number of hydrogen-bond donors (Lipinski definition) is 10. The fourth-order valence-corrected chi connectivity index (χ4v) is 9.61. The Bertz CT molecular complexity index is 2260. The van der Waals surface area contributed by atoms with Crippen LogP contribution in [0.15, 0.2) is 36.9 Å². The number of anilines is 1. The van der Waals surface area contributed by atoms with Gasteiger partial charge < -0.3 is 56.0 Å². The summed E-state index contributed by atoms with van der Waals surface area (Å²) in [5.74, 6) is -3.35. The molecule has 0 saturated carbocycles. The molecule has 2 amide bonds. The number of nitrogens with zero attached hydrogens (tertiary/aromatic N) is 4. The number of rotatable bonds is 24. The van der Waals surface area contributed by atoms with Crippen molar-refractivity contribution in [2.75, 3.05) is 37.8 Å². The van der Waals surface area contributed by atoms with Gasteiger partial charge in [-0.25, -0.2) is 28.6 Å². The molecule has 0 spiro atoms. The number of phosphoric acid groups is 3. The van der Waals surface area contributed by atoms with Crippen molar-refractivity contribution >= 4 is 75.1 Å². The van der Waals surface area contributed by atoms with Gasteiger partial charge in [0.1, 0.15) is 36.3 Å². The number of aliphatic hydroxyl groups excluding tert-OH is 2. The van der Waals surface area contributed by atoms with Crippen LogP contribution in [-0.4, -0.2) is 134 Å². The molecular weight excluding hydrogens is 923 g/mol. The summed E-state index contributed by atoms with van der Waals surface area (Å²) in [4.78, 5) is 100. The van der Waals surface area contributed by atoms with Gasteiger partial charge >= 0.3 is 29.4 Å². The molecule has 3 heterocycles. The molecule has 0 radical (unpaired) electrons. The van der Waals surface area contributed by atoms with E-state index in [0.717, 1.165) is 40.1 Å². The van der Waals surface area contributed by atoms with E-state index in [9.17, 15) is 67.8 Å². The minimum absolute atomic E-state index is 0.0182. The maximum atomic E-state index is 12.8. The van der Waals surface area contributed by atoms with Crippen molar-refractivity contribution in [1.82, 2.24) is 30.2 Å². The molecule has 1 aromatic carbocycles. The fourth-order valence-electron chi connectivity index (χ4n) is 5.97. The van der Waals surface area contributed by atoms with Crippen molar-refractivity contribution in [3.8, 4) is 0 Å². The molecule has 1 saturated heterocycles. The Morgan fingerprint density at radius 2 is 1.73 bits per heavy atom. The third-order valence-corrected chi connectivity index (χ3v) is 13.2. The summed E-state index contributed by atoms with van der Waals surface area (Å²) < 4.78 is 62.3. The number of carboxylic acid groups (broad SMARTS) is 1. The second-order valence-electron chi connectivity index (χ2n) is 14.7. The van der Waals surface area contributed by atoms with Crippen molar-refractivity contribution < 1.29 is 90.4 Å². The maximum absolute atomic E-state index is 12.8. The molecule has 0 bridgehead atoms. The molecule has 63 heavy (non-hydrogen) atoms. The van der Waals surface area contributed by atoms with Gasteiger partial charge in [-0.15, -0.1) is 0 Å². The van der Waals surface area contributed by atoms with E-state index in [2.05, 4.69) is 34.4 Å². The van der Waals surface area contributed by atoms with Crippen LogP contribution in [0.3, 0.4) is 0 Å². The third-order valence-electron chi connectivity index (χ3n) is 9.07. The number of imidazole rings is 1. The lowest BCUT2D eigenvalue weighted by atomic mass is 9.87. The predicted molar refractivity (Wildman–Crippen MR) is 218 cm³/mol. The van der Waals surface area contributed by atoms with E-state index in [1.165, 1.54) is 13.8 Å². The largest absolute Gasteiger partial charge is 0.481 e. The van der Waals surface area contributed by atoms with Gasteiger partial charge in [0.2, 0.25) is 11.8 Å². The molecule has 3 unspecified atom stereocenters. The van der Waals surface area contributed by atoms with Gasteiger partial charge in [0.05, 0.1) is 26.0 Å². The van der Waals surface area contributed by atoms with Crippen molar-refractivity contribution in [1.29, 1.82) is 0 Å². The van der Waals surface area contributed by atoms with Crippen molar-refractivity contribution in [3.63, 3.8) is 0 Å². The molecule has 11 N–H and O–H groups in total. The molecule has 0 aliphatic carbocycles. The number of phosphoric ester groups is 3. The van der Waals surface area contributed by atoms with Crippen LogP contribution in [0.25, 0.3) is 11.2 Å². The quantitative estimate of drug-likeness (QED) is 0.0426. The lowest BCUT2D eigenvalue weighted by Gasteiger charge is -2.30. The monoisotopic (exact) mass is 971 g/mol. The second-order valence-corrected chi connectivity index (χ2v) is 20.1. The van der Waals surface area contributed by atoms with E-state index in [-0.39, 0.29) is 60.2 Å². The van der Waals surface area contributed by atoms with E-state index in [1.54, 1.807) is 6.07 Å². The van der Waals surface area contributed by atoms with Gasteiger partial charge in [-0.05, 0) is 18.9 Å². The first-order chi connectivity index (χ1) is 29.3. The number of carboxylic acids is 1. The summed E-state index contributed by atoms with van der Waals surface area (Å²) in [5.41, 5.74) is 5.98. The van der Waals surface area contributed by atoms with Crippen LogP contribution < -0.4 is 16.4 Å². The number of hydrogen-bond acceptors (Lipinski definition) is 19. The number of benzene rings is 1. The fraction of sp³-hybridized carbons (Fsp3) is 0.545. The van der Waals surface area contributed by atoms with Gasteiger partial charge in [0.25, 0.3) is 0 Å². The molecule has 3 aromatic rings. The summed E-state index contributed by atoms with van der Waals surface area (Å²) in [6.07, 6.45) is -7.26. The average Bonchev–Trinajstić information content (AvgIpc) is 3.74. The smallest absolute Gasteiger partial charge is 0.481 e. The van der Waals surface area contributed by atoms with Crippen LogP contribution >= 0.6 is 35.2 Å². The topological polar surface area (TPSA) is 401 Å². The Morgan fingerprint density at radius 3 is 2.40 bits per heavy atom. The Morgan fingerprint density at radius 1 is 1.03 bits per heavy atom. The lowest BCUT2D eigenvalue weighted by Crippen LogP contribution is -2.46. The molecule has 1 fully saturated rings. The van der Waals surface area contributed by atoms with Crippen LogP contribution in [-0.2, 0) is 61.9 Å². The van der Waals surface area contributed by atoms with E-state index in [4.69, 9.17) is 19.5 Å². The zero-order chi connectivity index (χ0) is 46.9. The number of nitrogens with one attached hydrogen (secondary N) is 2. The van der Waals surface area contributed by atoms with Gasteiger partial charge in [0.15, 0.2) is 22.8 Å². The number of carbonyl (C=O) groups is 4. The van der Waals surface area contributed by atoms with Crippen molar-refractivity contribution in [3.05, 3.63) is 48.0 Å². The molecule has 350 valence electrons. The maximum Gasteiger partial charge on any atom is 0.481 e. The number of aliphatic hydroxyl groups is 2. The van der Waals surface area contributed by atoms with E-state index >= 15 is 0 Å². The number of amides is 2. The first kappa shape index (κ1) is 51.9. The molecule has 4 rings (SSSR count). The highest BCUT2D eigenvalue weighted by molar-refractivity contribution is 8.13. The number of carbonyl (C=O) groups excluding carboxylic acids is 3. The average molecular weight is 972 g/mol. The summed E-state index contributed by atoms with van der Waals surface area (Å²) >= 11 is 0.880. The SMILES string of the molecule is Cc1cccc(CC(CC(=O)O)C(=O)SCCNC(=O)CCNC(=O)[C@H](O)C(C)(C)COP(=O)(O)OP(=O)(O)OC[C@H]2O[C@@H](n3cnc4c(N)ncnc43)[C@H](O)[C@@H]2OP(=O)(O)O)c1. The highest BCUT2D eigenvalue weighted by Crippen LogP contribution is 2.61. The van der Waals surface area contributed by atoms with Gasteiger partial charge in [-0.1, -0.05) is 55.4 Å². The van der Waals surface area contributed by atoms with E-state index in [0.29, 0.717) is 0 Å². The number of aromatic nitrogens is 4. The predicted octanol–water partition coefficient (Wildman–Crippen LogP) is 0.307. The van der Waals surface area contributed by atoms with E-state index < -0.39 is 96.4 Å². The summed E-state index contributed by atoms with van der Waals surface area (Å²) in [5, 5.41) is 35.4. The second kappa shape index (κ2) is 22.0. The number of fused-ring (bicyclic) bond motifs is 1. The van der Waals surface area contributed by atoms with Gasteiger partial charge in [-0.2, -0.15) is 4.31 Å². The molecule has 1 aliphatic heterocycles. The van der Waals surface area contributed by atoms with Crippen LogP contribution in [0.1, 0.15) is 44.0 Å². The molecular formula is C33H48N7O19P3S. The molecule has 30 heteroatoms. The molecule has 2 aromatic heterocycles. The Hall–Kier alpha value is -3.75. The standard InChI is InChI=1S/C33H48N7O19P3S/c1-18-5-4-6-19(11-18)12-20(13-23(42)43)32(47)63-10-9-35-22(41)7-8-36-30(46)27(45)33(2,3)15-56-62(53,54)59-61(51,52)55-14-21-26(58-60(48,49)50)25(44)31(57-21)40-17-39-24-28(34)37-16-38-29(24)40/h4-6,11,16-17,20-21,25-27,31,44-45H,7-10,12-15H2,1-3H3,(H,35,41)(H,36,46)(H,42,43)(H,51,52)(H,53,54)(H2,34,37,38)(H2,48,49,50)/t20?,21-,25-,26-,27+,31-/m1/s1. The first-order valence-corrected chi connectivity index (χ1v) is 24.1. The number of thioether (sulfide) groups is 1. The third kappa shape index (κ3) is 15.7. The van der Waals surface area contributed by atoms with Crippen LogP contribution in [0.2, 0.25) is 0 Å². The minimum atomic E-state index is -5.60. The van der Waals surface area contributed by atoms with Crippen LogP contribution in [0, 0.1) is 18.3 Å². The van der Waals surface area contributed by atoms with E-state index in [1.807, 2.05) is 25.1 Å². The summed E-state index contributed by atoms with van der Waals surface area (Å²) in [6.45, 7) is 2.04. The highest BCUT2D eigenvalue weighted by atomic mass is 32.2. The Labute approximate surface area is 362 Å². The Balaban J connectivity index is 1.21. The zero-order valence-corrected chi connectivity index (χ0v) is 37.2. The van der Waals surface area contributed by atoms with Crippen molar-refractivity contribution in [2.45, 2.75) is 70.7 Å². The van der Waals surface area contributed by atoms with Gasteiger partial charge in [-0.3, -0.25) is 37.3 Å². The number of aryl methyl sites for hydroxylation is 1. The van der Waals surface area contributed by atoms with Crippen LogP contribution in [0.5, 0.6) is 0 Å². The van der Waals surface area contributed by atoms with Gasteiger partial charge in [0, 0.05) is 36.6 Å². The molecule has 26 nitrogen and oxygen atoms in total. The number of ether oxygens (including phenoxy) is 1. The molecule has 8 atom stereocenters. The number of nitrogen functional groups attached to an aromatic ring is 1. The molecule has 1 aliphatic rings. The summed E-state index contributed by atoms with van der Waals surface area (Å²) in [6, 6.07) is 7.37. The number of aliphatic carboxylic acids is 1. The Kier molecular flexibility index (Phi) is 18.1. The lowest BCUT2D eigenvalue weighted by molar-refractivity contribution is -0.139.